The van der Waals surface area contributed by atoms with Crippen molar-refractivity contribution in [3.05, 3.63) is 0 Å². The van der Waals surface area contributed by atoms with Crippen LogP contribution >= 0.6 is 24.0 Å². The molecule has 1 aliphatic heterocycles. The van der Waals surface area contributed by atoms with Crippen LogP contribution in [0.3, 0.4) is 0 Å². The molecule has 1 fully saturated rings. The summed E-state index contributed by atoms with van der Waals surface area (Å²) in [5, 5.41) is 3.85. The molecule has 0 saturated carbocycles. The molecule has 0 spiro atoms. The van der Waals surface area contributed by atoms with E-state index in [2.05, 4.69) is 17.3 Å². The zero-order valence-electron chi connectivity index (χ0n) is 6.96. The van der Waals surface area contributed by atoms with Crippen molar-refractivity contribution in [2.24, 2.45) is 0 Å². The highest BCUT2D eigenvalue weighted by atomic mass is 32.2. The Bertz CT molecular complexity index is 143. The van der Waals surface area contributed by atoms with E-state index in [1.807, 2.05) is 18.8 Å². The summed E-state index contributed by atoms with van der Waals surface area (Å²) in [6.07, 6.45) is 1.27. The SMILES string of the molecule is CNC(=S)N(C)C1CCSC1. The zero-order valence-corrected chi connectivity index (χ0v) is 8.60. The molecule has 1 atom stereocenters. The lowest BCUT2D eigenvalue weighted by Gasteiger charge is -2.25. The Balaban J connectivity index is 2.39. The van der Waals surface area contributed by atoms with Crippen molar-refractivity contribution in [2.75, 3.05) is 25.6 Å². The predicted molar refractivity (Wildman–Crippen MR) is 55.2 cm³/mol. The fourth-order valence-electron chi connectivity index (χ4n) is 1.17. The van der Waals surface area contributed by atoms with Gasteiger partial charge in [-0.3, -0.25) is 0 Å². The van der Waals surface area contributed by atoms with Crippen LogP contribution in [0.15, 0.2) is 0 Å². The lowest BCUT2D eigenvalue weighted by molar-refractivity contribution is 0.394. The Hall–Kier alpha value is 0.0400. The molecular formula is C7H14N2S2. The Morgan fingerprint density at radius 3 is 2.91 bits per heavy atom. The molecule has 4 heteroatoms. The number of hydrogen-bond donors (Lipinski definition) is 1. The van der Waals surface area contributed by atoms with Gasteiger partial charge in [0.15, 0.2) is 5.11 Å². The molecule has 64 valence electrons. The van der Waals surface area contributed by atoms with Gasteiger partial charge in [0.05, 0.1) is 0 Å². The summed E-state index contributed by atoms with van der Waals surface area (Å²) in [5.74, 6) is 2.50. The summed E-state index contributed by atoms with van der Waals surface area (Å²) in [7, 11) is 3.94. The molecule has 1 aliphatic rings. The van der Waals surface area contributed by atoms with Crippen LogP contribution in [0.1, 0.15) is 6.42 Å². The van der Waals surface area contributed by atoms with Crippen molar-refractivity contribution < 1.29 is 0 Å². The predicted octanol–water partition coefficient (Wildman–Crippen LogP) is 0.928. The molecule has 0 amide bonds. The number of thiocarbonyl (C=S) groups is 1. The van der Waals surface area contributed by atoms with Crippen LogP contribution in [-0.2, 0) is 0 Å². The van der Waals surface area contributed by atoms with Crippen molar-refractivity contribution in [3.63, 3.8) is 0 Å². The third-order valence-electron chi connectivity index (χ3n) is 1.99. The average molecular weight is 190 g/mol. The topological polar surface area (TPSA) is 15.3 Å². The Labute approximate surface area is 77.7 Å². The van der Waals surface area contributed by atoms with E-state index >= 15 is 0 Å². The third kappa shape index (κ3) is 2.24. The van der Waals surface area contributed by atoms with Crippen LogP contribution < -0.4 is 5.32 Å². The van der Waals surface area contributed by atoms with Gasteiger partial charge in [-0.2, -0.15) is 11.8 Å². The Morgan fingerprint density at radius 1 is 1.73 bits per heavy atom. The minimum absolute atomic E-state index is 0.653. The smallest absolute Gasteiger partial charge is 0.168 e. The molecular weight excluding hydrogens is 176 g/mol. The van der Waals surface area contributed by atoms with E-state index < -0.39 is 0 Å². The zero-order chi connectivity index (χ0) is 8.27. The van der Waals surface area contributed by atoms with E-state index in [1.54, 1.807) is 0 Å². The molecule has 0 aromatic heterocycles. The van der Waals surface area contributed by atoms with Gasteiger partial charge in [-0.05, 0) is 24.4 Å². The lowest BCUT2D eigenvalue weighted by Crippen LogP contribution is -2.41. The fraction of sp³-hybridized carbons (Fsp3) is 0.857. The second-order valence-electron chi connectivity index (χ2n) is 2.68. The van der Waals surface area contributed by atoms with E-state index in [0.717, 1.165) is 5.11 Å². The summed E-state index contributed by atoms with van der Waals surface area (Å²) >= 11 is 7.13. The highest BCUT2D eigenvalue weighted by molar-refractivity contribution is 7.99. The molecule has 0 aromatic rings. The van der Waals surface area contributed by atoms with Gasteiger partial charge in [-0.25, -0.2) is 0 Å². The quantitative estimate of drug-likeness (QED) is 0.618. The molecule has 1 saturated heterocycles. The Morgan fingerprint density at radius 2 is 2.45 bits per heavy atom. The second kappa shape index (κ2) is 4.16. The standard InChI is InChI=1S/C7H14N2S2/c1-8-7(10)9(2)6-3-4-11-5-6/h6H,3-5H2,1-2H3,(H,8,10). The maximum Gasteiger partial charge on any atom is 0.168 e. The largest absolute Gasteiger partial charge is 0.366 e. The first kappa shape index (κ1) is 9.13. The van der Waals surface area contributed by atoms with Gasteiger partial charge in [0, 0.05) is 25.9 Å². The van der Waals surface area contributed by atoms with Gasteiger partial charge in [0.2, 0.25) is 0 Å². The molecule has 1 heterocycles. The number of thioether (sulfide) groups is 1. The molecule has 0 radical (unpaired) electrons. The van der Waals surface area contributed by atoms with Crippen molar-refractivity contribution in [1.29, 1.82) is 0 Å². The first-order valence-corrected chi connectivity index (χ1v) is 5.34. The lowest BCUT2D eigenvalue weighted by atomic mass is 10.2. The summed E-state index contributed by atoms with van der Waals surface area (Å²) in [6.45, 7) is 0. The van der Waals surface area contributed by atoms with Gasteiger partial charge in [-0.15, -0.1) is 0 Å². The highest BCUT2D eigenvalue weighted by Gasteiger charge is 2.20. The second-order valence-corrected chi connectivity index (χ2v) is 4.22. The maximum atomic E-state index is 5.12. The van der Waals surface area contributed by atoms with Gasteiger partial charge in [0.1, 0.15) is 0 Å². The van der Waals surface area contributed by atoms with E-state index in [0.29, 0.717) is 6.04 Å². The van der Waals surface area contributed by atoms with Crippen molar-refractivity contribution in [1.82, 2.24) is 10.2 Å². The van der Waals surface area contributed by atoms with Crippen LogP contribution in [0.5, 0.6) is 0 Å². The molecule has 2 nitrogen and oxygen atoms in total. The van der Waals surface area contributed by atoms with Gasteiger partial charge in [-0.1, -0.05) is 0 Å². The minimum atomic E-state index is 0.653. The van der Waals surface area contributed by atoms with Gasteiger partial charge in [0.25, 0.3) is 0 Å². The van der Waals surface area contributed by atoms with Crippen LogP contribution in [0.25, 0.3) is 0 Å². The summed E-state index contributed by atoms with van der Waals surface area (Å²) < 4.78 is 0. The summed E-state index contributed by atoms with van der Waals surface area (Å²) in [4.78, 5) is 2.16. The Kier molecular flexibility index (Phi) is 3.45. The molecule has 0 aliphatic carbocycles. The van der Waals surface area contributed by atoms with Crippen LogP contribution in [0, 0.1) is 0 Å². The van der Waals surface area contributed by atoms with Crippen LogP contribution in [0.4, 0.5) is 0 Å². The first-order valence-electron chi connectivity index (χ1n) is 3.78. The van der Waals surface area contributed by atoms with Crippen LogP contribution in [0.2, 0.25) is 0 Å². The molecule has 0 aromatic carbocycles. The molecule has 1 rings (SSSR count). The maximum absolute atomic E-state index is 5.12. The summed E-state index contributed by atoms with van der Waals surface area (Å²) in [6, 6.07) is 0.653. The monoisotopic (exact) mass is 190 g/mol. The van der Waals surface area contributed by atoms with Crippen molar-refractivity contribution >= 4 is 29.1 Å². The summed E-state index contributed by atoms with van der Waals surface area (Å²) in [5.41, 5.74) is 0. The van der Waals surface area contributed by atoms with Crippen LogP contribution in [-0.4, -0.2) is 41.7 Å². The number of nitrogens with zero attached hydrogens (tertiary/aromatic N) is 1. The number of rotatable bonds is 1. The molecule has 0 bridgehead atoms. The molecule has 1 N–H and O–H groups in total. The number of nitrogens with one attached hydrogen (secondary N) is 1. The van der Waals surface area contributed by atoms with E-state index in [9.17, 15) is 0 Å². The third-order valence-corrected chi connectivity index (χ3v) is 3.62. The minimum Gasteiger partial charge on any atom is -0.366 e. The average Bonchev–Trinajstić information content (AvgIpc) is 2.53. The van der Waals surface area contributed by atoms with Gasteiger partial charge < -0.3 is 10.2 Å². The van der Waals surface area contributed by atoms with E-state index in [1.165, 1.54) is 17.9 Å². The fourth-order valence-corrected chi connectivity index (χ4v) is 2.59. The molecule has 11 heavy (non-hydrogen) atoms. The first-order chi connectivity index (χ1) is 5.25. The van der Waals surface area contributed by atoms with Crippen molar-refractivity contribution in [2.45, 2.75) is 12.5 Å². The van der Waals surface area contributed by atoms with E-state index in [4.69, 9.17) is 12.2 Å². The number of hydrogen-bond acceptors (Lipinski definition) is 2. The van der Waals surface area contributed by atoms with Gasteiger partial charge >= 0.3 is 0 Å². The van der Waals surface area contributed by atoms with Crippen molar-refractivity contribution in [3.8, 4) is 0 Å². The van der Waals surface area contributed by atoms with E-state index in [-0.39, 0.29) is 0 Å². The highest BCUT2D eigenvalue weighted by Crippen LogP contribution is 2.21. The normalized spacial score (nSPS) is 23.3. The molecule has 1 unspecified atom stereocenters.